The molecule has 0 N–H and O–H groups in total. The monoisotopic (exact) mass is 370 g/mol. The molecule has 0 aromatic heterocycles. The smallest absolute Gasteiger partial charge is 0.313 e. The zero-order valence-electron chi connectivity index (χ0n) is 15.2. The molecule has 6 nitrogen and oxygen atoms in total. The van der Waals surface area contributed by atoms with Gasteiger partial charge in [-0.1, -0.05) is 17.7 Å². The molecule has 1 aromatic carbocycles. The molecule has 25 heavy (non-hydrogen) atoms. The minimum Gasteiger partial charge on any atom is -0.460 e. The van der Waals surface area contributed by atoms with Crippen LogP contribution in [0.5, 0.6) is 0 Å². The van der Waals surface area contributed by atoms with E-state index in [9.17, 15) is 18.0 Å². The molecule has 1 rings (SSSR count). The fraction of sp³-hybridized carbons (Fsp3) is 0.556. The maximum atomic E-state index is 12.0. The van der Waals surface area contributed by atoms with Gasteiger partial charge in [-0.15, -0.1) is 0 Å². The first kappa shape index (κ1) is 21.3. The largest absolute Gasteiger partial charge is 0.460 e. The van der Waals surface area contributed by atoms with E-state index in [0.717, 1.165) is 5.56 Å². The Labute approximate surface area is 149 Å². The molecule has 0 aliphatic carbocycles. The Balaban J connectivity index is 2.28. The number of carbonyl (C=O) groups excluding carboxylic acids is 2. The molecule has 0 amide bonds. The first-order valence-electron chi connectivity index (χ1n) is 8.19. The lowest BCUT2D eigenvalue weighted by Gasteiger charge is -2.19. The van der Waals surface area contributed by atoms with Gasteiger partial charge in [-0.2, -0.15) is 8.42 Å². The SMILES string of the molecule is Cc1ccc(S(=O)(=O)OCCCCC(=O)CC(=O)OC(C)(C)C)cc1. The lowest BCUT2D eigenvalue weighted by Crippen LogP contribution is -2.25. The molecule has 7 heteroatoms. The number of ketones is 1. The predicted molar refractivity (Wildman–Crippen MR) is 93.6 cm³/mol. The van der Waals surface area contributed by atoms with E-state index >= 15 is 0 Å². The molecule has 0 aliphatic heterocycles. The topological polar surface area (TPSA) is 86.7 Å². The number of rotatable bonds is 9. The maximum Gasteiger partial charge on any atom is 0.313 e. The molecule has 0 aliphatic rings. The Kier molecular flexibility index (Phi) is 7.76. The highest BCUT2D eigenvalue weighted by Crippen LogP contribution is 2.14. The van der Waals surface area contributed by atoms with Crippen molar-refractivity contribution in [3.8, 4) is 0 Å². The normalized spacial score (nSPS) is 12.0. The quantitative estimate of drug-likeness (QED) is 0.287. The summed E-state index contributed by atoms with van der Waals surface area (Å²) in [6.07, 6.45) is 0.781. The number of ether oxygens (including phenoxy) is 1. The highest BCUT2D eigenvalue weighted by atomic mass is 32.2. The van der Waals surface area contributed by atoms with Crippen LogP contribution in [0.25, 0.3) is 0 Å². The van der Waals surface area contributed by atoms with Gasteiger partial charge < -0.3 is 4.74 Å². The van der Waals surface area contributed by atoms with Crippen LogP contribution in [0.3, 0.4) is 0 Å². The summed E-state index contributed by atoms with van der Waals surface area (Å²) in [4.78, 5) is 23.3. The van der Waals surface area contributed by atoms with E-state index in [4.69, 9.17) is 8.92 Å². The van der Waals surface area contributed by atoms with E-state index in [1.54, 1.807) is 32.9 Å². The summed E-state index contributed by atoms with van der Waals surface area (Å²) in [5.41, 5.74) is 0.345. The number of benzene rings is 1. The van der Waals surface area contributed by atoms with Gasteiger partial charge >= 0.3 is 5.97 Å². The van der Waals surface area contributed by atoms with Crippen LogP contribution in [0.15, 0.2) is 29.2 Å². The molecule has 0 atom stereocenters. The van der Waals surface area contributed by atoms with Crippen LogP contribution in [0.4, 0.5) is 0 Å². The highest BCUT2D eigenvalue weighted by molar-refractivity contribution is 7.86. The van der Waals surface area contributed by atoms with Crippen LogP contribution >= 0.6 is 0 Å². The average molecular weight is 370 g/mol. The molecule has 0 heterocycles. The Morgan fingerprint density at radius 3 is 2.20 bits per heavy atom. The third-order valence-electron chi connectivity index (χ3n) is 3.16. The Bertz CT molecular complexity index is 683. The van der Waals surface area contributed by atoms with Crippen LogP contribution in [0.1, 0.15) is 52.0 Å². The molecule has 0 unspecified atom stereocenters. The predicted octanol–water partition coefficient (Wildman–Crippen LogP) is 3.17. The van der Waals surface area contributed by atoms with Gasteiger partial charge in [-0.05, 0) is 52.7 Å². The number of unbranched alkanes of at least 4 members (excludes halogenated alkanes) is 1. The van der Waals surface area contributed by atoms with E-state index in [1.807, 2.05) is 6.92 Å². The number of Topliss-reactive ketones (excluding diaryl/α,β-unsaturated/α-hetero) is 1. The fourth-order valence-electron chi connectivity index (χ4n) is 1.99. The van der Waals surface area contributed by atoms with E-state index in [0.29, 0.717) is 12.8 Å². The van der Waals surface area contributed by atoms with Gasteiger partial charge in [0.05, 0.1) is 11.5 Å². The van der Waals surface area contributed by atoms with Gasteiger partial charge in [0.15, 0.2) is 0 Å². The first-order chi connectivity index (χ1) is 11.5. The van der Waals surface area contributed by atoms with Crippen molar-refractivity contribution in [2.45, 2.75) is 63.9 Å². The number of hydrogen-bond donors (Lipinski definition) is 0. The maximum absolute atomic E-state index is 12.0. The second-order valence-electron chi connectivity index (χ2n) is 6.85. The molecule has 0 spiro atoms. The van der Waals surface area contributed by atoms with Crippen molar-refractivity contribution in [2.24, 2.45) is 0 Å². The van der Waals surface area contributed by atoms with Gasteiger partial charge in [0.25, 0.3) is 10.1 Å². The van der Waals surface area contributed by atoms with Crippen molar-refractivity contribution in [3.05, 3.63) is 29.8 Å². The van der Waals surface area contributed by atoms with Crippen molar-refractivity contribution >= 4 is 21.9 Å². The van der Waals surface area contributed by atoms with Gasteiger partial charge in [0, 0.05) is 6.42 Å². The van der Waals surface area contributed by atoms with Gasteiger partial charge in [0.1, 0.15) is 17.8 Å². The van der Waals surface area contributed by atoms with Crippen LogP contribution < -0.4 is 0 Å². The number of esters is 1. The fourth-order valence-corrected chi connectivity index (χ4v) is 2.94. The van der Waals surface area contributed by atoms with Crippen LogP contribution in [0, 0.1) is 6.92 Å². The minimum atomic E-state index is -3.78. The van der Waals surface area contributed by atoms with E-state index < -0.39 is 21.7 Å². The van der Waals surface area contributed by atoms with Crippen LogP contribution in [0.2, 0.25) is 0 Å². The second-order valence-corrected chi connectivity index (χ2v) is 8.46. The summed E-state index contributed by atoms with van der Waals surface area (Å²) in [5, 5.41) is 0. The van der Waals surface area contributed by atoms with Crippen molar-refractivity contribution in [3.63, 3.8) is 0 Å². The first-order valence-corrected chi connectivity index (χ1v) is 9.60. The Morgan fingerprint density at radius 2 is 1.64 bits per heavy atom. The molecular formula is C18H26O6S. The van der Waals surface area contributed by atoms with E-state index in [2.05, 4.69) is 0 Å². The average Bonchev–Trinajstić information content (AvgIpc) is 2.45. The Hall–Kier alpha value is -1.73. The summed E-state index contributed by atoms with van der Waals surface area (Å²) in [6, 6.07) is 6.39. The number of aryl methyl sites for hydroxylation is 1. The molecule has 0 bridgehead atoms. The third-order valence-corrected chi connectivity index (χ3v) is 4.49. The molecule has 1 aromatic rings. The number of hydrogen-bond acceptors (Lipinski definition) is 6. The standard InChI is InChI=1S/C18H26O6S/c1-14-8-10-16(11-9-14)25(21,22)23-12-6-5-7-15(19)13-17(20)24-18(2,3)4/h8-11H,5-7,12-13H2,1-4H3. The summed E-state index contributed by atoms with van der Waals surface area (Å²) >= 11 is 0. The number of carbonyl (C=O) groups is 2. The van der Waals surface area contributed by atoms with Crippen molar-refractivity contribution < 1.29 is 26.9 Å². The second kappa shape index (κ2) is 9.10. The van der Waals surface area contributed by atoms with E-state index in [1.165, 1.54) is 12.1 Å². The van der Waals surface area contributed by atoms with Crippen molar-refractivity contribution in [2.75, 3.05) is 6.61 Å². The summed E-state index contributed by atoms with van der Waals surface area (Å²) in [7, 11) is -3.78. The lowest BCUT2D eigenvalue weighted by molar-refractivity contribution is -0.156. The van der Waals surface area contributed by atoms with Gasteiger partial charge in [-0.25, -0.2) is 0 Å². The summed E-state index contributed by atoms with van der Waals surface area (Å²) < 4.78 is 34.0. The zero-order valence-corrected chi connectivity index (χ0v) is 16.0. The van der Waals surface area contributed by atoms with Crippen molar-refractivity contribution in [1.82, 2.24) is 0 Å². The molecule has 0 saturated carbocycles. The molecule has 0 fully saturated rings. The molecule has 0 radical (unpaired) electrons. The van der Waals surface area contributed by atoms with Crippen LogP contribution in [-0.2, 0) is 28.6 Å². The molecule has 140 valence electrons. The summed E-state index contributed by atoms with van der Waals surface area (Å²) in [6.45, 7) is 7.07. The van der Waals surface area contributed by atoms with Gasteiger partial charge in [0.2, 0.25) is 0 Å². The van der Waals surface area contributed by atoms with Crippen LogP contribution in [-0.4, -0.2) is 32.4 Å². The minimum absolute atomic E-state index is 0.00404. The van der Waals surface area contributed by atoms with E-state index in [-0.39, 0.29) is 30.1 Å². The molecular weight excluding hydrogens is 344 g/mol. The van der Waals surface area contributed by atoms with Gasteiger partial charge in [-0.3, -0.25) is 13.8 Å². The zero-order chi connectivity index (χ0) is 19.1. The Morgan fingerprint density at radius 1 is 1.04 bits per heavy atom. The highest BCUT2D eigenvalue weighted by Gasteiger charge is 2.19. The molecule has 0 saturated heterocycles. The lowest BCUT2D eigenvalue weighted by atomic mass is 10.1. The third kappa shape index (κ3) is 8.79. The summed E-state index contributed by atoms with van der Waals surface area (Å²) in [5.74, 6) is -0.772. The van der Waals surface area contributed by atoms with Crippen molar-refractivity contribution in [1.29, 1.82) is 0 Å².